The highest BCUT2D eigenvalue weighted by Gasteiger charge is 2.18. The first-order valence-corrected chi connectivity index (χ1v) is 4.53. The van der Waals surface area contributed by atoms with Crippen molar-refractivity contribution in [2.45, 2.75) is 13.1 Å². The molecule has 0 bridgehead atoms. The maximum Gasteiger partial charge on any atom is 0.404 e. The third-order valence-corrected chi connectivity index (χ3v) is 2.30. The quantitative estimate of drug-likeness (QED) is 0.666. The molecule has 1 heterocycles. The lowest BCUT2D eigenvalue weighted by Gasteiger charge is -2.03. The minimum absolute atomic E-state index is 0.0952. The smallest absolute Gasteiger partial charge is 0.404 e. The number of nitrogens with one attached hydrogen (secondary N) is 2. The van der Waals surface area contributed by atoms with Gasteiger partial charge in [0.15, 0.2) is 0 Å². The van der Waals surface area contributed by atoms with Crippen LogP contribution >= 0.6 is 0 Å². The minimum atomic E-state index is -1.07. The van der Waals surface area contributed by atoms with Crippen molar-refractivity contribution in [3.63, 3.8) is 0 Å². The summed E-state index contributed by atoms with van der Waals surface area (Å²) in [6.07, 6.45) is -1.07. The number of amides is 2. The van der Waals surface area contributed by atoms with Crippen molar-refractivity contribution in [1.82, 2.24) is 10.6 Å². The Labute approximate surface area is 86.1 Å². The summed E-state index contributed by atoms with van der Waals surface area (Å²) in [5.74, 6) is -0.0952. The number of rotatable bonds is 2. The van der Waals surface area contributed by atoms with E-state index in [4.69, 9.17) is 5.11 Å². The summed E-state index contributed by atoms with van der Waals surface area (Å²) in [5.41, 5.74) is 2.38. The topological polar surface area (TPSA) is 78.4 Å². The molecular weight excluding hydrogens is 196 g/mol. The zero-order chi connectivity index (χ0) is 10.8. The van der Waals surface area contributed by atoms with Gasteiger partial charge in [-0.1, -0.05) is 12.1 Å². The van der Waals surface area contributed by atoms with E-state index in [0.717, 1.165) is 11.1 Å². The number of carbonyl (C=O) groups is 2. The molecule has 0 atom stereocenters. The Kier molecular flexibility index (Phi) is 2.29. The lowest BCUT2D eigenvalue weighted by atomic mass is 10.1. The van der Waals surface area contributed by atoms with E-state index in [-0.39, 0.29) is 12.5 Å². The Morgan fingerprint density at radius 1 is 1.53 bits per heavy atom. The van der Waals surface area contributed by atoms with Gasteiger partial charge in [-0.05, 0) is 17.2 Å². The SMILES string of the molecule is O=C(O)NCc1ccc2c(c1)C(=O)NC2. The molecule has 78 valence electrons. The van der Waals surface area contributed by atoms with E-state index in [9.17, 15) is 9.59 Å². The van der Waals surface area contributed by atoms with Gasteiger partial charge in [0.2, 0.25) is 0 Å². The van der Waals surface area contributed by atoms with E-state index in [1.807, 2.05) is 12.1 Å². The average molecular weight is 206 g/mol. The number of hydrogen-bond acceptors (Lipinski definition) is 2. The highest BCUT2D eigenvalue weighted by molar-refractivity contribution is 5.98. The predicted octanol–water partition coefficient (Wildman–Crippen LogP) is 0.698. The van der Waals surface area contributed by atoms with Gasteiger partial charge in [0, 0.05) is 18.7 Å². The molecule has 0 saturated heterocycles. The van der Waals surface area contributed by atoms with Crippen molar-refractivity contribution in [3.8, 4) is 0 Å². The second-order valence-electron chi connectivity index (χ2n) is 3.33. The fourth-order valence-corrected chi connectivity index (χ4v) is 1.55. The zero-order valence-corrected chi connectivity index (χ0v) is 7.91. The summed E-state index contributed by atoms with van der Waals surface area (Å²) in [6.45, 7) is 0.775. The van der Waals surface area contributed by atoms with Gasteiger partial charge in [-0.3, -0.25) is 4.79 Å². The van der Waals surface area contributed by atoms with E-state index in [2.05, 4.69) is 10.6 Å². The van der Waals surface area contributed by atoms with Gasteiger partial charge in [0.05, 0.1) is 0 Å². The summed E-state index contributed by atoms with van der Waals surface area (Å²) in [6, 6.07) is 5.37. The van der Waals surface area contributed by atoms with E-state index < -0.39 is 6.09 Å². The molecule has 15 heavy (non-hydrogen) atoms. The van der Waals surface area contributed by atoms with Crippen molar-refractivity contribution < 1.29 is 14.7 Å². The van der Waals surface area contributed by atoms with Crippen LogP contribution in [0.5, 0.6) is 0 Å². The summed E-state index contributed by atoms with van der Waals surface area (Å²) >= 11 is 0. The number of carboxylic acid groups (broad SMARTS) is 1. The van der Waals surface area contributed by atoms with Crippen LogP contribution in [0, 0.1) is 0 Å². The summed E-state index contributed by atoms with van der Waals surface area (Å²) < 4.78 is 0. The maximum absolute atomic E-state index is 11.3. The molecule has 5 heteroatoms. The van der Waals surface area contributed by atoms with E-state index in [1.54, 1.807) is 6.07 Å². The Morgan fingerprint density at radius 3 is 3.07 bits per heavy atom. The van der Waals surface area contributed by atoms with E-state index in [0.29, 0.717) is 12.1 Å². The van der Waals surface area contributed by atoms with Crippen LogP contribution in [-0.4, -0.2) is 17.1 Å². The molecule has 2 rings (SSSR count). The number of hydrogen-bond donors (Lipinski definition) is 3. The second-order valence-corrected chi connectivity index (χ2v) is 3.33. The number of carbonyl (C=O) groups excluding carboxylic acids is 1. The first-order valence-electron chi connectivity index (χ1n) is 4.53. The van der Waals surface area contributed by atoms with Crippen molar-refractivity contribution >= 4 is 12.0 Å². The summed E-state index contributed by atoms with van der Waals surface area (Å²) in [7, 11) is 0. The van der Waals surface area contributed by atoms with Crippen molar-refractivity contribution in [3.05, 3.63) is 34.9 Å². The summed E-state index contributed by atoms with van der Waals surface area (Å²) in [5, 5.41) is 13.4. The molecule has 2 amide bonds. The summed E-state index contributed by atoms with van der Waals surface area (Å²) in [4.78, 5) is 21.6. The molecule has 0 radical (unpaired) electrons. The monoisotopic (exact) mass is 206 g/mol. The predicted molar refractivity (Wildman–Crippen MR) is 52.5 cm³/mol. The van der Waals surface area contributed by atoms with Crippen LogP contribution in [0.4, 0.5) is 4.79 Å². The van der Waals surface area contributed by atoms with Crippen LogP contribution in [0.2, 0.25) is 0 Å². The normalized spacial score (nSPS) is 13.2. The van der Waals surface area contributed by atoms with Gasteiger partial charge in [-0.25, -0.2) is 4.79 Å². The fraction of sp³-hybridized carbons (Fsp3) is 0.200. The number of fused-ring (bicyclic) bond motifs is 1. The van der Waals surface area contributed by atoms with Crippen LogP contribution in [0.3, 0.4) is 0 Å². The third-order valence-electron chi connectivity index (χ3n) is 2.30. The molecule has 0 aliphatic carbocycles. The molecule has 1 aliphatic heterocycles. The Balaban J connectivity index is 2.18. The molecule has 0 aromatic heterocycles. The Hall–Kier alpha value is -2.04. The van der Waals surface area contributed by atoms with Crippen molar-refractivity contribution in [1.29, 1.82) is 0 Å². The molecule has 0 fully saturated rings. The molecular formula is C10H10N2O3. The molecule has 0 spiro atoms. The van der Waals surface area contributed by atoms with E-state index in [1.165, 1.54) is 0 Å². The largest absolute Gasteiger partial charge is 0.465 e. The minimum Gasteiger partial charge on any atom is -0.465 e. The van der Waals surface area contributed by atoms with Crippen molar-refractivity contribution in [2.24, 2.45) is 0 Å². The highest BCUT2D eigenvalue weighted by Crippen LogP contribution is 2.16. The van der Waals surface area contributed by atoms with Gasteiger partial charge in [-0.2, -0.15) is 0 Å². The van der Waals surface area contributed by atoms with Gasteiger partial charge in [-0.15, -0.1) is 0 Å². The molecule has 1 aromatic rings. The number of benzene rings is 1. The molecule has 3 N–H and O–H groups in total. The third kappa shape index (κ3) is 1.90. The highest BCUT2D eigenvalue weighted by atomic mass is 16.4. The standard InChI is InChI=1S/C10H10N2O3/c13-9-8-3-6(4-12-10(14)15)1-2-7(8)5-11-9/h1-3,12H,4-5H2,(H,11,13)(H,14,15). The van der Waals surface area contributed by atoms with Gasteiger partial charge in [0.1, 0.15) is 0 Å². The van der Waals surface area contributed by atoms with Crippen LogP contribution < -0.4 is 10.6 Å². The van der Waals surface area contributed by atoms with Crippen LogP contribution in [0.25, 0.3) is 0 Å². The lowest BCUT2D eigenvalue weighted by molar-refractivity contribution is 0.0965. The fourth-order valence-electron chi connectivity index (χ4n) is 1.55. The van der Waals surface area contributed by atoms with Crippen LogP contribution in [0.15, 0.2) is 18.2 Å². The first kappa shape index (κ1) is 9.51. The maximum atomic E-state index is 11.3. The second kappa shape index (κ2) is 3.61. The zero-order valence-electron chi connectivity index (χ0n) is 7.91. The van der Waals surface area contributed by atoms with E-state index >= 15 is 0 Å². The van der Waals surface area contributed by atoms with Crippen molar-refractivity contribution in [2.75, 3.05) is 0 Å². The molecule has 0 saturated carbocycles. The van der Waals surface area contributed by atoms with Gasteiger partial charge >= 0.3 is 6.09 Å². The molecule has 5 nitrogen and oxygen atoms in total. The molecule has 1 aliphatic rings. The van der Waals surface area contributed by atoms with Crippen LogP contribution in [-0.2, 0) is 13.1 Å². The molecule has 1 aromatic carbocycles. The Morgan fingerprint density at radius 2 is 2.33 bits per heavy atom. The van der Waals surface area contributed by atoms with Crippen LogP contribution in [0.1, 0.15) is 21.5 Å². The molecule has 0 unspecified atom stereocenters. The lowest BCUT2D eigenvalue weighted by Crippen LogP contribution is -2.20. The Bertz CT molecular complexity index is 429. The average Bonchev–Trinajstić information content (AvgIpc) is 2.57. The first-order chi connectivity index (χ1) is 7.16. The van der Waals surface area contributed by atoms with Gasteiger partial charge < -0.3 is 15.7 Å². The van der Waals surface area contributed by atoms with Gasteiger partial charge in [0.25, 0.3) is 5.91 Å².